The van der Waals surface area contributed by atoms with Crippen molar-refractivity contribution in [3.8, 4) is 0 Å². The molecule has 0 aromatic heterocycles. The highest BCUT2D eigenvalue weighted by molar-refractivity contribution is 9.10. The van der Waals surface area contributed by atoms with E-state index in [0.717, 1.165) is 15.6 Å². The molecule has 1 atom stereocenters. The summed E-state index contributed by atoms with van der Waals surface area (Å²) in [6, 6.07) is 11.7. The Morgan fingerprint density at radius 2 is 1.83 bits per heavy atom. The quantitative estimate of drug-likeness (QED) is 0.846. The van der Waals surface area contributed by atoms with Crippen LogP contribution in [0.1, 0.15) is 28.3 Å². The Morgan fingerprint density at radius 3 is 2.56 bits per heavy atom. The van der Waals surface area contributed by atoms with Crippen LogP contribution in [0, 0.1) is 13.8 Å². The van der Waals surface area contributed by atoms with E-state index in [1.165, 1.54) is 11.1 Å². The maximum absolute atomic E-state index is 6.37. The lowest BCUT2D eigenvalue weighted by Gasteiger charge is -2.18. The van der Waals surface area contributed by atoms with Gasteiger partial charge < -0.3 is 5.73 Å². The fourth-order valence-electron chi connectivity index (χ4n) is 2.03. The molecule has 0 bridgehead atoms. The largest absolute Gasteiger partial charge is 0.320 e. The van der Waals surface area contributed by atoms with Crippen LogP contribution in [0.25, 0.3) is 0 Å². The highest BCUT2D eigenvalue weighted by Gasteiger charge is 2.15. The van der Waals surface area contributed by atoms with E-state index in [-0.39, 0.29) is 6.04 Å². The van der Waals surface area contributed by atoms with Crippen LogP contribution in [-0.2, 0) is 0 Å². The van der Waals surface area contributed by atoms with Crippen molar-refractivity contribution in [2.24, 2.45) is 5.73 Å². The van der Waals surface area contributed by atoms with E-state index < -0.39 is 0 Å². The SMILES string of the molecule is Cc1cccc(C(N)c2cc(Cl)ccc2Br)c1C. The number of nitrogens with two attached hydrogens (primary N) is 1. The van der Waals surface area contributed by atoms with Crippen molar-refractivity contribution in [3.05, 3.63) is 68.1 Å². The molecule has 0 radical (unpaired) electrons. The minimum Gasteiger partial charge on any atom is -0.320 e. The Morgan fingerprint density at radius 1 is 1.11 bits per heavy atom. The first-order valence-corrected chi connectivity index (χ1v) is 6.94. The lowest BCUT2D eigenvalue weighted by Crippen LogP contribution is -2.14. The van der Waals surface area contributed by atoms with Crippen LogP contribution in [0.4, 0.5) is 0 Å². The smallest absolute Gasteiger partial charge is 0.0566 e. The Hall–Kier alpha value is -0.830. The highest BCUT2D eigenvalue weighted by Crippen LogP contribution is 2.31. The van der Waals surface area contributed by atoms with Crippen LogP contribution in [0.3, 0.4) is 0 Å². The van der Waals surface area contributed by atoms with Gasteiger partial charge in [-0.3, -0.25) is 0 Å². The van der Waals surface area contributed by atoms with Crippen molar-refractivity contribution in [1.29, 1.82) is 0 Å². The molecule has 94 valence electrons. The van der Waals surface area contributed by atoms with Gasteiger partial charge in [-0.25, -0.2) is 0 Å². The maximum atomic E-state index is 6.37. The molecule has 0 heterocycles. The molecule has 3 heteroatoms. The summed E-state index contributed by atoms with van der Waals surface area (Å²) in [4.78, 5) is 0. The zero-order chi connectivity index (χ0) is 13.3. The normalized spacial score (nSPS) is 12.5. The summed E-state index contributed by atoms with van der Waals surface area (Å²) < 4.78 is 0.986. The molecule has 0 aliphatic carbocycles. The van der Waals surface area contributed by atoms with E-state index in [0.29, 0.717) is 5.02 Å². The summed E-state index contributed by atoms with van der Waals surface area (Å²) in [7, 11) is 0. The number of halogens is 2. The molecule has 2 aromatic rings. The molecule has 0 fully saturated rings. The van der Waals surface area contributed by atoms with E-state index in [2.05, 4.69) is 41.9 Å². The first kappa shape index (κ1) is 13.6. The van der Waals surface area contributed by atoms with Gasteiger partial charge in [0, 0.05) is 9.50 Å². The van der Waals surface area contributed by atoms with E-state index in [9.17, 15) is 0 Å². The van der Waals surface area contributed by atoms with Gasteiger partial charge in [0.05, 0.1) is 6.04 Å². The van der Waals surface area contributed by atoms with Crippen molar-refractivity contribution < 1.29 is 0 Å². The van der Waals surface area contributed by atoms with Crippen LogP contribution in [0.2, 0.25) is 5.02 Å². The molecule has 0 saturated heterocycles. The van der Waals surface area contributed by atoms with Crippen molar-refractivity contribution >= 4 is 27.5 Å². The summed E-state index contributed by atoms with van der Waals surface area (Å²) in [5, 5.41) is 0.703. The highest BCUT2D eigenvalue weighted by atomic mass is 79.9. The number of hydrogen-bond donors (Lipinski definition) is 1. The molecular formula is C15H15BrClN. The van der Waals surface area contributed by atoms with Gasteiger partial charge in [0.15, 0.2) is 0 Å². The third kappa shape index (κ3) is 2.61. The van der Waals surface area contributed by atoms with Crippen LogP contribution in [0.5, 0.6) is 0 Å². The standard InChI is InChI=1S/C15H15BrClN/c1-9-4-3-5-12(10(9)2)15(18)13-8-11(17)6-7-14(13)16/h3-8,15H,18H2,1-2H3. The van der Waals surface area contributed by atoms with Crippen LogP contribution < -0.4 is 5.73 Å². The molecule has 0 spiro atoms. The first-order valence-electron chi connectivity index (χ1n) is 5.77. The van der Waals surface area contributed by atoms with Crippen LogP contribution in [-0.4, -0.2) is 0 Å². The molecule has 2 aromatic carbocycles. The Kier molecular flexibility index (Phi) is 4.10. The lowest BCUT2D eigenvalue weighted by molar-refractivity contribution is 0.854. The Balaban J connectivity index is 2.51. The molecule has 1 nitrogen and oxygen atoms in total. The second kappa shape index (κ2) is 5.43. The fraction of sp³-hybridized carbons (Fsp3) is 0.200. The summed E-state index contributed by atoms with van der Waals surface area (Å²) >= 11 is 9.58. The van der Waals surface area contributed by atoms with Crippen LogP contribution in [0.15, 0.2) is 40.9 Å². The zero-order valence-corrected chi connectivity index (χ0v) is 12.7. The molecule has 0 aliphatic rings. The van der Waals surface area contributed by atoms with Gasteiger partial charge >= 0.3 is 0 Å². The van der Waals surface area contributed by atoms with Gasteiger partial charge in [-0.1, -0.05) is 45.7 Å². The van der Waals surface area contributed by atoms with Crippen molar-refractivity contribution in [2.45, 2.75) is 19.9 Å². The first-order chi connectivity index (χ1) is 8.50. The summed E-state index contributed by atoms with van der Waals surface area (Å²) in [6.07, 6.45) is 0. The lowest BCUT2D eigenvalue weighted by atomic mass is 9.93. The Bertz CT molecular complexity index is 579. The second-order valence-corrected chi connectivity index (χ2v) is 5.72. The minimum atomic E-state index is -0.169. The van der Waals surface area contributed by atoms with E-state index in [1.54, 1.807) is 0 Å². The molecule has 0 amide bonds. The molecule has 0 aliphatic heterocycles. The third-order valence-electron chi connectivity index (χ3n) is 3.27. The van der Waals surface area contributed by atoms with E-state index in [1.807, 2.05) is 24.3 Å². The maximum Gasteiger partial charge on any atom is 0.0566 e. The number of rotatable bonds is 2. The van der Waals surface area contributed by atoms with Gasteiger partial charge in [-0.2, -0.15) is 0 Å². The predicted octanol–water partition coefficient (Wildman–Crippen LogP) is 4.77. The number of aryl methyl sites for hydroxylation is 1. The summed E-state index contributed by atoms with van der Waals surface area (Å²) in [5.74, 6) is 0. The molecule has 1 unspecified atom stereocenters. The van der Waals surface area contributed by atoms with E-state index in [4.69, 9.17) is 17.3 Å². The van der Waals surface area contributed by atoms with Gasteiger partial charge in [0.2, 0.25) is 0 Å². The van der Waals surface area contributed by atoms with Gasteiger partial charge in [0.25, 0.3) is 0 Å². The van der Waals surface area contributed by atoms with Crippen LogP contribution >= 0.6 is 27.5 Å². The minimum absolute atomic E-state index is 0.169. The molecule has 2 N–H and O–H groups in total. The molecule has 18 heavy (non-hydrogen) atoms. The van der Waals surface area contributed by atoms with Gasteiger partial charge in [-0.15, -0.1) is 0 Å². The summed E-state index contributed by atoms with van der Waals surface area (Å²) in [5.41, 5.74) is 11.0. The predicted molar refractivity (Wildman–Crippen MR) is 81.1 cm³/mol. The summed E-state index contributed by atoms with van der Waals surface area (Å²) in [6.45, 7) is 4.20. The van der Waals surface area contributed by atoms with Crippen molar-refractivity contribution in [1.82, 2.24) is 0 Å². The van der Waals surface area contributed by atoms with E-state index >= 15 is 0 Å². The topological polar surface area (TPSA) is 26.0 Å². The molecular weight excluding hydrogens is 310 g/mol. The van der Waals surface area contributed by atoms with Gasteiger partial charge in [0.1, 0.15) is 0 Å². The number of hydrogen-bond acceptors (Lipinski definition) is 1. The van der Waals surface area contributed by atoms with Gasteiger partial charge in [-0.05, 0) is 54.3 Å². The van der Waals surface area contributed by atoms with Crippen molar-refractivity contribution in [2.75, 3.05) is 0 Å². The average Bonchev–Trinajstić information content (AvgIpc) is 2.35. The Labute approximate surface area is 121 Å². The second-order valence-electron chi connectivity index (χ2n) is 4.43. The molecule has 0 saturated carbocycles. The fourth-order valence-corrected chi connectivity index (χ4v) is 2.70. The van der Waals surface area contributed by atoms with Crippen molar-refractivity contribution in [3.63, 3.8) is 0 Å². The monoisotopic (exact) mass is 323 g/mol. The third-order valence-corrected chi connectivity index (χ3v) is 4.23. The molecule has 2 rings (SSSR count). The average molecular weight is 325 g/mol. The zero-order valence-electron chi connectivity index (χ0n) is 10.4. The number of benzene rings is 2.